The first-order valence-corrected chi connectivity index (χ1v) is 6.83. The highest BCUT2D eigenvalue weighted by Crippen LogP contribution is 2.23. The normalized spacial score (nSPS) is 22.7. The van der Waals surface area contributed by atoms with Crippen LogP contribution >= 0.6 is 0 Å². The number of rotatable bonds is 4. The van der Waals surface area contributed by atoms with E-state index in [1.54, 1.807) is 6.92 Å². The van der Waals surface area contributed by atoms with Crippen molar-refractivity contribution in [2.24, 2.45) is 5.92 Å². The number of hydrogen-bond donors (Lipinski definition) is 0. The number of carbonyl (C=O) groups is 1. The molecule has 0 aliphatic carbocycles. The predicted octanol–water partition coefficient (Wildman–Crippen LogP) is 0.814. The van der Waals surface area contributed by atoms with Crippen molar-refractivity contribution in [3.63, 3.8) is 0 Å². The van der Waals surface area contributed by atoms with Crippen molar-refractivity contribution >= 4 is 16.0 Å². The fraction of sp³-hybridized carbons (Fsp3) is 0.889. The fourth-order valence-electron chi connectivity index (χ4n) is 1.74. The fourth-order valence-corrected chi connectivity index (χ4v) is 2.74. The lowest BCUT2D eigenvalue weighted by Crippen LogP contribution is -2.44. The van der Waals surface area contributed by atoms with E-state index in [9.17, 15) is 22.0 Å². The number of piperidine rings is 1. The van der Waals surface area contributed by atoms with E-state index in [1.807, 2.05) is 0 Å². The molecule has 0 amide bonds. The first kappa shape index (κ1) is 14.3. The Labute approximate surface area is 98.8 Å². The minimum Gasteiger partial charge on any atom is -0.466 e. The Bertz CT molecular complexity index is 371. The first-order valence-electron chi connectivity index (χ1n) is 5.33. The molecule has 5 nitrogen and oxygen atoms in total. The summed E-state index contributed by atoms with van der Waals surface area (Å²) in [6.45, 7) is 1.64. The molecular formula is C9H15F2NO4S. The molecule has 1 rings (SSSR count). The van der Waals surface area contributed by atoms with Gasteiger partial charge in [-0.15, -0.1) is 0 Å². The Morgan fingerprint density at radius 2 is 2.18 bits per heavy atom. The van der Waals surface area contributed by atoms with Gasteiger partial charge < -0.3 is 4.74 Å². The Hall–Kier alpha value is -0.760. The Morgan fingerprint density at radius 3 is 2.71 bits per heavy atom. The average Bonchev–Trinajstić information content (AvgIpc) is 2.29. The van der Waals surface area contributed by atoms with E-state index in [0.29, 0.717) is 17.1 Å². The molecule has 8 heteroatoms. The molecule has 0 aromatic heterocycles. The van der Waals surface area contributed by atoms with Crippen LogP contribution in [0.25, 0.3) is 0 Å². The highest BCUT2D eigenvalue weighted by atomic mass is 32.2. The lowest BCUT2D eigenvalue weighted by molar-refractivity contribution is -0.149. The monoisotopic (exact) mass is 271 g/mol. The molecule has 1 aliphatic rings. The summed E-state index contributed by atoms with van der Waals surface area (Å²) in [7, 11) is -4.59. The van der Waals surface area contributed by atoms with Crippen LogP contribution in [-0.4, -0.2) is 44.1 Å². The molecule has 0 bridgehead atoms. The van der Waals surface area contributed by atoms with Crippen molar-refractivity contribution in [3.05, 3.63) is 0 Å². The van der Waals surface area contributed by atoms with Crippen LogP contribution in [0.1, 0.15) is 19.8 Å². The smallest absolute Gasteiger partial charge is 0.350 e. The molecule has 1 saturated heterocycles. The Balaban J connectivity index is 2.70. The number of ether oxygens (including phenoxy) is 1. The zero-order chi connectivity index (χ0) is 13.1. The number of esters is 1. The van der Waals surface area contributed by atoms with Crippen LogP contribution in [0, 0.1) is 5.92 Å². The maximum atomic E-state index is 12.3. The molecule has 1 unspecified atom stereocenters. The summed E-state index contributed by atoms with van der Waals surface area (Å²) < 4.78 is 52.5. The van der Waals surface area contributed by atoms with Crippen molar-refractivity contribution in [1.82, 2.24) is 4.31 Å². The molecule has 0 saturated carbocycles. The van der Waals surface area contributed by atoms with Gasteiger partial charge in [0.2, 0.25) is 0 Å². The van der Waals surface area contributed by atoms with Gasteiger partial charge in [0.05, 0.1) is 12.5 Å². The molecule has 17 heavy (non-hydrogen) atoms. The third-order valence-corrected chi connectivity index (χ3v) is 4.09. The summed E-state index contributed by atoms with van der Waals surface area (Å²) in [4.78, 5) is 11.4. The van der Waals surface area contributed by atoms with Crippen LogP contribution in [0.4, 0.5) is 8.78 Å². The van der Waals surface area contributed by atoms with Crippen LogP contribution in [0.5, 0.6) is 0 Å². The minimum absolute atomic E-state index is 0.0303. The molecule has 1 heterocycles. The van der Waals surface area contributed by atoms with Gasteiger partial charge in [0, 0.05) is 13.1 Å². The Kier molecular flexibility index (Phi) is 4.81. The van der Waals surface area contributed by atoms with Gasteiger partial charge in [0.15, 0.2) is 0 Å². The van der Waals surface area contributed by atoms with Gasteiger partial charge in [-0.25, -0.2) is 8.42 Å². The van der Waals surface area contributed by atoms with Crippen LogP contribution in [-0.2, 0) is 19.6 Å². The summed E-state index contributed by atoms with van der Waals surface area (Å²) in [5.41, 5.74) is 0. The number of nitrogens with zero attached hydrogens (tertiary/aromatic N) is 1. The highest BCUT2D eigenvalue weighted by Gasteiger charge is 2.37. The summed E-state index contributed by atoms with van der Waals surface area (Å²) in [6.07, 6.45) is 0.851. The van der Waals surface area contributed by atoms with Gasteiger partial charge in [0.1, 0.15) is 0 Å². The van der Waals surface area contributed by atoms with Crippen molar-refractivity contribution in [3.8, 4) is 0 Å². The lowest BCUT2D eigenvalue weighted by Gasteiger charge is -2.30. The van der Waals surface area contributed by atoms with Crippen LogP contribution in [0.2, 0.25) is 0 Å². The number of halogens is 2. The van der Waals surface area contributed by atoms with Crippen molar-refractivity contribution < 1.29 is 26.7 Å². The molecule has 0 N–H and O–H groups in total. The second-order valence-corrected chi connectivity index (χ2v) is 5.66. The molecular weight excluding hydrogens is 256 g/mol. The van der Waals surface area contributed by atoms with Crippen LogP contribution < -0.4 is 0 Å². The zero-order valence-electron chi connectivity index (χ0n) is 9.43. The summed E-state index contributed by atoms with van der Waals surface area (Å²) in [6, 6.07) is 0. The van der Waals surface area contributed by atoms with E-state index in [4.69, 9.17) is 4.74 Å². The van der Waals surface area contributed by atoms with Gasteiger partial charge in [-0.05, 0) is 19.8 Å². The van der Waals surface area contributed by atoms with Crippen molar-refractivity contribution in [2.45, 2.75) is 25.5 Å². The molecule has 1 atom stereocenters. The average molecular weight is 271 g/mol. The van der Waals surface area contributed by atoms with E-state index in [1.165, 1.54) is 0 Å². The number of sulfonamides is 1. The predicted molar refractivity (Wildman–Crippen MR) is 55.9 cm³/mol. The number of alkyl halides is 2. The minimum atomic E-state index is -4.59. The van der Waals surface area contributed by atoms with E-state index in [0.717, 1.165) is 0 Å². The third kappa shape index (κ3) is 3.35. The SMILES string of the molecule is CCOC(=O)C1CCCN(S(=O)(=O)C(F)F)C1. The largest absolute Gasteiger partial charge is 0.466 e. The van der Waals surface area contributed by atoms with Gasteiger partial charge in [-0.3, -0.25) is 4.79 Å². The molecule has 1 fully saturated rings. The van der Waals surface area contributed by atoms with E-state index < -0.39 is 27.7 Å². The maximum Gasteiger partial charge on any atom is 0.350 e. The first-order chi connectivity index (χ1) is 7.89. The topological polar surface area (TPSA) is 63.7 Å². The molecule has 1 aliphatic heterocycles. The third-order valence-electron chi connectivity index (χ3n) is 2.59. The van der Waals surface area contributed by atoms with Gasteiger partial charge in [-0.2, -0.15) is 13.1 Å². The van der Waals surface area contributed by atoms with Gasteiger partial charge >= 0.3 is 11.7 Å². The van der Waals surface area contributed by atoms with Gasteiger partial charge in [-0.1, -0.05) is 0 Å². The Morgan fingerprint density at radius 1 is 1.53 bits per heavy atom. The molecule has 0 aromatic rings. The zero-order valence-corrected chi connectivity index (χ0v) is 10.3. The van der Waals surface area contributed by atoms with Crippen molar-refractivity contribution in [1.29, 1.82) is 0 Å². The van der Waals surface area contributed by atoms with E-state index in [2.05, 4.69) is 0 Å². The standard InChI is InChI=1S/C9H15F2NO4S/c1-2-16-8(13)7-4-3-5-12(6-7)17(14,15)9(10)11/h7,9H,2-6H2,1H3. The van der Waals surface area contributed by atoms with Gasteiger partial charge in [0.25, 0.3) is 10.0 Å². The molecule has 0 radical (unpaired) electrons. The second kappa shape index (κ2) is 5.72. The van der Waals surface area contributed by atoms with E-state index in [-0.39, 0.29) is 19.7 Å². The van der Waals surface area contributed by atoms with Crippen molar-refractivity contribution in [2.75, 3.05) is 19.7 Å². The quantitative estimate of drug-likeness (QED) is 0.710. The van der Waals surface area contributed by atoms with Crippen LogP contribution in [0.3, 0.4) is 0 Å². The highest BCUT2D eigenvalue weighted by molar-refractivity contribution is 7.89. The number of hydrogen-bond acceptors (Lipinski definition) is 4. The summed E-state index contributed by atoms with van der Waals surface area (Å²) in [5, 5.41) is 0. The second-order valence-electron chi connectivity index (χ2n) is 3.75. The lowest BCUT2D eigenvalue weighted by atomic mass is 10.0. The maximum absolute atomic E-state index is 12.3. The molecule has 0 aromatic carbocycles. The molecule has 0 spiro atoms. The number of carbonyl (C=O) groups excluding carboxylic acids is 1. The van der Waals surface area contributed by atoms with E-state index >= 15 is 0 Å². The summed E-state index contributed by atoms with van der Waals surface area (Å²) >= 11 is 0. The summed E-state index contributed by atoms with van der Waals surface area (Å²) in [5.74, 6) is -4.61. The van der Waals surface area contributed by atoms with Crippen LogP contribution in [0.15, 0.2) is 0 Å². The molecule has 100 valence electrons.